The summed E-state index contributed by atoms with van der Waals surface area (Å²) in [5.41, 5.74) is 1.40. The summed E-state index contributed by atoms with van der Waals surface area (Å²) in [6, 6.07) is 5.97. The smallest absolute Gasteiger partial charge is 0.416 e. The van der Waals surface area contributed by atoms with Crippen LogP contribution in [0.3, 0.4) is 0 Å². The van der Waals surface area contributed by atoms with Crippen LogP contribution in [0.2, 0.25) is 0 Å². The second-order valence-electron chi connectivity index (χ2n) is 5.19. The Kier molecular flexibility index (Phi) is 4.13. The number of aromatic nitrogens is 3. The van der Waals surface area contributed by atoms with Gasteiger partial charge < -0.3 is 15.2 Å². The molecule has 0 aliphatic carbocycles. The number of hydrogen-bond donors (Lipinski definition) is 2. The van der Waals surface area contributed by atoms with E-state index in [1.807, 2.05) is 0 Å². The first-order valence-electron chi connectivity index (χ1n) is 7.18. The van der Waals surface area contributed by atoms with Crippen molar-refractivity contribution in [3.63, 3.8) is 0 Å². The minimum Gasteiger partial charge on any atom is -0.464 e. The molecular formula is C16H15FN4O3. The predicted octanol–water partition coefficient (Wildman–Crippen LogP) is 2.92. The zero-order valence-electron chi connectivity index (χ0n) is 13.1. The molecule has 0 radical (unpaired) electrons. The largest absolute Gasteiger partial charge is 0.464 e. The molecule has 0 spiro atoms. The lowest BCUT2D eigenvalue weighted by Gasteiger charge is -2.08. The molecular weight excluding hydrogens is 315 g/mol. The molecule has 0 atom stereocenters. The van der Waals surface area contributed by atoms with E-state index in [4.69, 9.17) is 4.74 Å². The number of nitrogens with zero attached hydrogens (tertiary/aromatic N) is 3. The van der Waals surface area contributed by atoms with Crippen LogP contribution in [0.25, 0.3) is 10.9 Å². The Hall–Kier alpha value is -3.00. The van der Waals surface area contributed by atoms with Gasteiger partial charge in [-0.05, 0) is 32.2 Å². The third kappa shape index (κ3) is 2.79. The summed E-state index contributed by atoms with van der Waals surface area (Å²) in [7, 11) is 1.78. The van der Waals surface area contributed by atoms with Crippen molar-refractivity contribution in [3.05, 3.63) is 47.8 Å². The average Bonchev–Trinajstić information content (AvgIpc) is 2.88. The van der Waals surface area contributed by atoms with Crippen LogP contribution in [0.5, 0.6) is 11.6 Å². The first kappa shape index (κ1) is 15.9. The molecule has 0 saturated carbocycles. The van der Waals surface area contributed by atoms with E-state index in [0.717, 1.165) is 4.57 Å². The number of nitrogens with one attached hydrogen (secondary N) is 1. The molecule has 1 aromatic carbocycles. The molecule has 0 aliphatic rings. The van der Waals surface area contributed by atoms with Gasteiger partial charge in [0.05, 0.1) is 11.2 Å². The molecule has 0 fully saturated rings. The van der Waals surface area contributed by atoms with E-state index in [1.54, 1.807) is 20.0 Å². The number of carboxylic acid groups (broad SMARTS) is 1. The van der Waals surface area contributed by atoms with Gasteiger partial charge in [0.1, 0.15) is 6.33 Å². The van der Waals surface area contributed by atoms with Crippen molar-refractivity contribution < 1.29 is 19.0 Å². The van der Waals surface area contributed by atoms with E-state index in [2.05, 4.69) is 15.3 Å². The molecule has 0 unspecified atom stereocenters. The second kappa shape index (κ2) is 6.25. The highest BCUT2D eigenvalue weighted by Crippen LogP contribution is 2.31. The topological polar surface area (TPSA) is 89.3 Å². The summed E-state index contributed by atoms with van der Waals surface area (Å²) in [4.78, 5) is 19.3. The molecule has 0 saturated heterocycles. The van der Waals surface area contributed by atoms with Gasteiger partial charge in [-0.25, -0.2) is 23.7 Å². The molecule has 8 heteroatoms. The van der Waals surface area contributed by atoms with E-state index in [1.165, 1.54) is 24.5 Å². The maximum absolute atomic E-state index is 14.7. The average molecular weight is 330 g/mol. The Bertz CT molecular complexity index is 923. The van der Waals surface area contributed by atoms with Gasteiger partial charge in [0.2, 0.25) is 5.88 Å². The fourth-order valence-electron chi connectivity index (χ4n) is 2.51. The van der Waals surface area contributed by atoms with Gasteiger partial charge >= 0.3 is 6.09 Å². The van der Waals surface area contributed by atoms with Gasteiger partial charge in [-0.2, -0.15) is 0 Å². The fourth-order valence-corrected chi connectivity index (χ4v) is 2.51. The van der Waals surface area contributed by atoms with Gasteiger partial charge in [0.25, 0.3) is 0 Å². The van der Waals surface area contributed by atoms with Gasteiger partial charge in [-0.1, -0.05) is 0 Å². The van der Waals surface area contributed by atoms with Crippen LogP contribution in [0, 0.1) is 12.7 Å². The first-order valence-corrected chi connectivity index (χ1v) is 7.18. The number of halogens is 1. The predicted molar refractivity (Wildman–Crippen MR) is 84.9 cm³/mol. The Labute approximate surface area is 136 Å². The Morgan fingerprint density at radius 1 is 1.38 bits per heavy atom. The van der Waals surface area contributed by atoms with Crippen LogP contribution in [-0.2, 0) is 6.54 Å². The van der Waals surface area contributed by atoms with E-state index in [-0.39, 0.29) is 22.5 Å². The molecule has 2 aromatic heterocycles. The van der Waals surface area contributed by atoms with Crippen LogP contribution in [-0.4, -0.2) is 32.8 Å². The Morgan fingerprint density at radius 2 is 2.17 bits per heavy atom. The quantitative estimate of drug-likeness (QED) is 0.764. The standard InChI is InChI=1S/C16H15FN4O3/c1-9-5-11-12(21(9)16(22)23)3-4-13(15(11)17)24-14-6-10(7-18-2)19-8-20-14/h3-6,8,18H,7H2,1-2H3,(H,22,23). The SMILES string of the molecule is CNCc1cc(Oc2ccc3c(cc(C)n3C(=O)O)c2F)ncn1. The van der Waals surface area contributed by atoms with Crippen LogP contribution in [0.4, 0.5) is 9.18 Å². The van der Waals surface area contributed by atoms with Crippen molar-refractivity contribution in [2.24, 2.45) is 0 Å². The second-order valence-corrected chi connectivity index (χ2v) is 5.19. The van der Waals surface area contributed by atoms with Gasteiger partial charge in [-0.15, -0.1) is 0 Å². The highest BCUT2D eigenvalue weighted by atomic mass is 19.1. The third-order valence-corrected chi connectivity index (χ3v) is 3.53. The molecule has 0 amide bonds. The van der Waals surface area contributed by atoms with Crippen molar-refractivity contribution in [2.75, 3.05) is 7.05 Å². The zero-order valence-corrected chi connectivity index (χ0v) is 13.1. The van der Waals surface area contributed by atoms with E-state index in [0.29, 0.717) is 17.9 Å². The number of rotatable bonds is 4. The van der Waals surface area contributed by atoms with Gasteiger partial charge in [-0.3, -0.25) is 0 Å². The molecule has 0 aliphatic heterocycles. The fraction of sp³-hybridized carbons (Fsp3) is 0.188. The summed E-state index contributed by atoms with van der Waals surface area (Å²) in [5, 5.41) is 12.3. The molecule has 2 heterocycles. The van der Waals surface area contributed by atoms with E-state index < -0.39 is 11.9 Å². The maximum Gasteiger partial charge on any atom is 0.416 e. The minimum absolute atomic E-state index is 0.0286. The molecule has 0 bridgehead atoms. The van der Waals surface area contributed by atoms with Crippen LogP contribution < -0.4 is 10.1 Å². The minimum atomic E-state index is -1.16. The van der Waals surface area contributed by atoms with Crippen molar-refractivity contribution in [1.29, 1.82) is 0 Å². The summed E-state index contributed by atoms with van der Waals surface area (Å²) in [6.07, 6.45) is 0.173. The summed E-state index contributed by atoms with van der Waals surface area (Å²) < 4.78 is 21.2. The lowest BCUT2D eigenvalue weighted by molar-refractivity contribution is 0.197. The van der Waals surface area contributed by atoms with Crippen molar-refractivity contribution >= 4 is 17.0 Å². The Balaban J connectivity index is 2.00. The number of hydrogen-bond acceptors (Lipinski definition) is 5. The number of carbonyl (C=O) groups is 1. The monoisotopic (exact) mass is 330 g/mol. The van der Waals surface area contributed by atoms with Crippen molar-refractivity contribution in [3.8, 4) is 11.6 Å². The van der Waals surface area contributed by atoms with Gasteiger partial charge in [0.15, 0.2) is 11.6 Å². The van der Waals surface area contributed by atoms with Crippen LogP contribution in [0.15, 0.2) is 30.6 Å². The normalized spacial score (nSPS) is 11.0. The van der Waals surface area contributed by atoms with Crippen LogP contribution in [0.1, 0.15) is 11.4 Å². The summed E-state index contributed by atoms with van der Waals surface area (Å²) in [5.74, 6) is -0.452. The number of aryl methyl sites for hydroxylation is 1. The number of ether oxygens (including phenoxy) is 1. The van der Waals surface area contributed by atoms with Crippen LogP contribution >= 0.6 is 0 Å². The first-order chi connectivity index (χ1) is 11.5. The maximum atomic E-state index is 14.7. The third-order valence-electron chi connectivity index (χ3n) is 3.53. The number of fused-ring (bicyclic) bond motifs is 1. The summed E-state index contributed by atoms with van der Waals surface area (Å²) in [6.45, 7) is 2.13. The number of benzene rings is 1. The Morgan fingerprint density at radius 3 is 2.88 bits per heavy atom. The molecule has 24 heavy (non-hydrogen) atoms. The summed E-state index contributed by atoms with van der Waals surface area (Å²) >= 11 is 0. The van der Waals surface area contributed by atoms with E-state index in [9.17, 15) is 14.3 Å². The zero-order chi connectivity index (χ0) is 17.3. The van der Waals surface area contributed by atoms with Crippen molar-refractivity contribution in [1.82, 2.24) is 19.9 Å². The van der Waals surface area contributed by atoms with E-state index >= 15 is 0 Å². The molecule has 3 aromatic rings. The lowest BCUT2D eigenvalue weighted by atomic mass is 10.2. The highest BCUT2D eigenvalue weighted by molar-refractivity contribution is 5.91. The molecule has 3 rings (SSSR count). The molecule has 7 nitrogen and oxygen atoms in total. The lowest BCUT2D eigenvalue weighted by Crippen LogP contribution is -2.09. The molecule has 2 N–H and O–H groups in total. The van der Waals surface area contributed by atoms with Gasteiger partial charge in [0, 0.05) is 23.7 Å². The highest BCUT2D eigenvalue weighted by Gasteiger charge is 2.17. The van der Waals surface area contributed by atoms with Crippen molar-refractivity contribution in [2.45, 2.75) is 13.5 Å². The molecule has 124 valence electrons.